The van der Waals surface area contributed by atoms with Gasteiger partial charge in [-0.15, -0.1) is 0 Å². The van der Waals surface area contributed by atoms with Crippen LogP contribution in [-0.4, -0.2) is 24.9 Å². The lowest BCUT2D eigenvalue weighted by atomic mass is 10.2. The van der Waals surface area contributed by atoms with Crippen LogP contribution in [0.25, 0.3) is 0 Å². The molecule has 0 aliphatic carbocycles. The van der Waals surface area contributed by atoms with Gasteiger partial charge in [-0.25, -0.2) is 0 Å². The van der Waals surface area contributed by atoms with Gasteiger partial charge in [0.2, 0.25) is 11.8 Å². The Labute approximate surface area is 284 Å². The lowest BCUT2D eigenvalue weighted by Crippen LogP contribution is -2.34. The topological polar surface area (TPSA) is 58.2 Å². The van der Waals surface area contributed by atoms with Crippen molar-refractivity contribution in [2.75, 3.05) is 13.1 Å². The minimum absolute atomic E-state index is 0.0469. The highest BCUT2D eigenvalue weighted by Crippen LogP contribution is 2.03. The lowest BCUT2D eigenvalue weighted by Gasteiger charge is -2.06. The van der Waals surface area contributed by atoms with Crippen LogP contribution in [0.4, 0.5) is 0 Å². The van der Waals surface area contributed by atoms with Crippen LogP contribution in [0.15, 0.2) is 97.2 Å². The third-order valence-corrected chi connectivity index (χ3v) is 7.23. The van der Waals surface area contributed by atoms with Gasteiger partial charge in [-0.2, -0.15) is 0 Å². The first-order valence-electron chi connectivity index (χ1n) is 18.4. The van der Waals surface area contributed by atoms with Crippen molar-refractivity contribution in [3.05, 3.63) is 97.2 Å². The zero-order valence-electron chi connectivity index (χ0n) is 29.6. The van der Waals surface area contributed by atoms with E-state index < -0.39 is 0 Å². The van der Waals surface area contributed by atoms with Crippen LogP contribution in [0.5, 0.6) is 0 Å². The van der Waals surface area contributed by atoms with Gasteiger partial charge in [-0.05, 0) is 89.9 Å². The molecule has 0 aromatic carbocycles. The molecule has 4 heteroatoms. The van der Waals surface area contributed by atoms with Crippen LogP contribution in [0.2, 0.25) is 0 Å². The van der Waals surface area contributed by atoms with E-state index in [1.807, 2.05) is 0 Å². The fourth-order valence-corrected chi connectivity index (χ4v) is 4.46. The van der Waals surface area contributed by atoms with Crippen molar-refractivity contribution in [2.24, 2.45) is 0 Å². The van der Waals surface area contributed by atoms with Gasteiger partial charge >= 0.3 is 0 Å². The van der Waals surface area contributed by atoms with Crippen LogP contribution in [0, 0.1) is 0 Å². The summed E-state index contributed by atoms with van der Waals surface area (Å²) in [7, 11) is 0. The third-order valence-electron chi connectivity index (χ3n) is 7.23. The molecule has 4 nitrogen and oxygen atoms in total. The molecule has 46 heavy (non-hydrogen) atoms. The van der Waals surface area contributed by atoms with E-state index in [2.05, 4.69) is 122 Å². The van der Waals surface area contributed by atoms with Gasteiger partial charge in [0, 0.05) is 25.9 Å². The van der Waals surface area contributed by atoms with Gasteiger partial charge in [0.15, 0.2) is 0 Å². The van der Waals surface area contributed by atoms with E-state index in [1.165, 1.54) is 51.4 Å². The highest BCUT2D eigenvalue weighted by molar-refractivity contribution is 5.77. The first kappa shape index (κ1) is 42.9. The van der Waals surface area contributed by atoms with Crippen LogP contribution in [-0.2, 0) is 9.59 Å². The van der Waals surface area contributed by atoms with Crippen molar-refractivity contribution in [1.82, 2.24) is 10.6 Å². The average molecular weight is 633 g/mol. The molecule has 0 radical (unpaired) electrons. The third kappa shape index (κ3) is 37.0. The minimum atomic E-state index is 0.0469. The minimum Gasteiger partial charge on any atom is -0.354 e. The molecule has 0 saturated carbocycles. The smallest absolute Gasteiger partial charge is 0.220 e. The lowest BCUT2D eigenvalue weighted by molar-refractivity contribution is -0.123. The summed E-state index contributed by atoms with van der Waals surface area (Å²) in [5.74, 6) is 0.0938. The molecule has 0 aromatic rings. The molecule has 0 atom stereocenters. The van der Waals surface area contributed by atoms with E-state index in [4.69, 9.17) is 0 Å². The van der Waals surface area contributed by atoms with Gasteiger partial charge in [-0.1, -0.05) is 137 Å². The maximum absolute atomic E-state index is 12.0. The molecular formula is C42H68N2O2. The highest BCUT2D eigenvalue weighted by Gasteiger charge is 2.02. The Balaban J connectivity index is 3.58. The maximum atomic E-state index is 12.0. The van der Waals surface area contributed by atoms with Gasteiger partial charge in [0.1, 0.15) is 0 Å². The van der Waals surface area contributed by atoms with Gasteiger partial charge in [0.25, 0.3) is 0 Å². The summed E-state index contributed by atoms with van der Waals surface area (Å²) in [5.41, 5.74) is 0. The van der Waals surface area contributed by atoms with Gasteiger partial charge in [-0.3, -0.25) is 9.59 Å². The summed E-state index contributed by atoms with van der Waals surface area (Å²) in [5, 5.41) is 5.79. The molecule has 0 aliphatic rings. The molecule has 2 amide bonds. The molecule has 0 saturated heterocycles. The Kier molecular flexibility index (Phi) is 35.4. The second kappa shape index (κ2) is 38.0. The summed E-state index contributed by atoms with van der Waals surface area (Å²) in [6, 6.07) is 0. The number of carbonyl (C=O) groups is 2. The predicted octanol–water partition coefficient (Wildman–Crippen LogP) is 11.5. The monoisotopic (exact) mass is 633 g/mol. The van der Waals surface area contributed by atoms with Crippen molar-refractivity contribution in [3.63, 3.8) is 0 Å². The summed E-state index contributed by atoms with van der Waals surface area (Å²) in [6.45, 7) is 5.43. The van der Waals surface area contributed by atoms with Crippen molar-refractivity contribution in [2.45, 2.75) is 142 Å². The van der Waals surface area contributed by atoms with E-state index >= 15 is 0 Å². The molecule has 2 N–H and O–H groups in total. The molecule has 0 unspecified atom stereocenters. The molecular weight excluding hydrogens is 564 g/mol. The Hall–Kier alpha value is -3.14. The fraction of sp³-hybridized carbons (Fsp3) is 0.571. The Morgan fingerprint density at radius 2 is 0.630 bits per heavy atom. The molecule has 0 aromatic heterocycles. The van der Waals surface area contributed by atoms with Crippen molar-refractivity contribution in [1.29, 1.82) is 0 Å². The van der Waals surface area contributed by atoms with Crippen LogP contribution >= 0.6 is 0 Å². The number of carbonyl (C=O) groups excluding carboxylic acids is 2. The fourth-order valence-electron chi connectivity index (χ4n) is 4.46. The molecule has 0 aliphatic heterocycles. The molecule has 0 bridgehead atoms. The van der Waals surface area contributed by atoms with Crippen LogP contribution in [0.3, 0.4) is 0 Å². The van der Waals surface area contributed by atoms with Gasteiger partial charge < -0.3 is 10.6 Å². The number of nitrogens with one attached hydrogen (secondary N) is 2. The maximum Gasteiger partial charge on any atom is 0.220 e. The van der Waals surface area contributed by atoms with E-state index in [1.54, 1.807) is 0 Å². The molecule has 0 spiro atoms. The Morgan fingerprint density at radius 3 is 0.913 bits per heavy atom. The highest BCUT2D eigenvalue weighted by atomic mass is 16.2. The average Bonchev–Trinajstić information content (AvgIpc) is 3.06. The zero-order chi connectivity index (χ0) is 33.4. The standard InChI is InChI=1S/C42H68N2O2/c1-3-5-7-9-11-13-15-17-19-21-23-25-27-29-31-33-35-37-41(45)43-39-40-44-42(46)38-36-34-32-30-28-26-24-22-20-18-16-14-12-10-8-6-4-2/h11-14,17-20,23-26,29-32H,3-10,15-16,21-22,27-28,33-40H2,1-2H3,(H,43,45)(H,44,46)/b13-11-,14-12-,19-17-,20-18-,25-23-,26-24-,31-29-,32-30-. The van der Waals surface area contributed by atoms with E-state index in [9.17, 15) is 9.59 Å². The van der Waals surface area contributed by atoms with Gasteiger partial charge in [0.05, 0.1) is 0 Å². The Bertz CT molecular complexity index is 857. The normalized spacial score (nSPS) is 12.7. The van der Waals surface area contributed by atoms with Crippen molar-refractivity contribution < 1.29 is 9.59 Å². The first-order chi connectivity index (χ1) is 22.7. The number of unbranched alkanes of at least 4 members (excludes halogenated alkanes) is 8. The number of hydrogen-bond donors (Lipinski definition) is 2. The molecule has 0 heterocycles. The largest absolute Gasteiger partial charge is 0.354 e. The zero-order valence-corrected chi connectivity index (χ0v) is 29.6. The van der Waals surface area contributed by atoms with E-state index in [0.29, 0.717) is 25.9 Å². The number of rotatable bonds is 31. The SMILES string of the molecule is CCCCC/C=C\C/C=C\C/C=C\C/C=C\CCCC(=O)NCCNC(=O)CCC/C=C\C/C=C\C/C=C\C/C=C\CCCCC. The summed E-state index contributed by atoms with van der Waals surface area (Å²) < 4.78 is 0. The van der Waals surface area contributed by atoms with Crippen LogP contribution < -0.4 is 10.6 Å². The predicted molar refractivity (Wildman–Crippen MR) is 203 cm³/mol. The van der Waals surface area contributed by atoms with Crippen molar-refractivity contribution >= 4 is 11.8 Å². The molecule has 0 rings (SSSR count). The summed E-state index contributed by atoms with van der Waals surface area (Å²) in [4.78, 5) is 24.0. The summed E-state index contributed by atoms with van der Waals surface area (Å²) in [6.07, 6.45) is 56.0. The van der Waals surface area contributed by atoms with Crippen LogP contribution in [0.1, 0.15) is 142 Å². The van der Waals surface area contributed by atoms with Crippen molar-refractivity contribution in [3.8, 4) is 0 Å². The second-order valence-electron chi connectivity index (χ2n) is 11.7. The first-order valence-corrected chi connectivity index (χ1v) is 18.4. The number of amides is 2. The second-order valence-corrected chi connectivity index (χ2v) is 11.7. The number of hydrogen-bond acceptors (Lipinski definition) is 2. The quantitative estimate of drug-likeness (QED) is 0.0590. The molecule has 0 fully saturated rings. The number of allylic oxidation sites excluding steroid dienone is 16. The molecule has 258 valence electrons. The van der Waals surface area contributed by atoms with E-state index in [-0.39, 0.29) is 11.8 Å². The Morgan fingerprint density at radius 1 is 0.370 bits per heavy atom. The summed E-state index contributed by atoms with van der Waals surface area (Å²) >= 11 is 0. The van der Waals surface area contributed by atoms with E-state index in [0.717, 1.165) is 64.2 Å².